The first-order valence-electron chi connectivity index (χ1n) is 20.0. The Morgan fingerprint density at radius 3 is 1.63 bits per heavy atom. The zero-order valence-corrected chi connectivity index (χ0v) is 34.1. The van der Waals surface area contributed by atoms with Crippen LogP contribution in [-0.2, 0) is 28.6 Å². The van der Waals surface area contributed by atoms with Gasteiger partial charge in [0.2, 0.25) is 0 Å². The summed E-state index contributed by atoms with van der Waals surface area (Å²) in [5, 5.41) is 11.6. The van der Waals surface area contributed by atoms with E-state index in [0.29, 0.717) is 19.3 Å². The van der Waals surface area contributed by atoms with Crippen LogP contribution in [0.15, 0.2) is 109 Å². The minimum absolute atomic E-state index is 0.0134. The van der Waals surface area contributed by atoms with E-state index in [1.54, 1.807) is 21.1 Å². The van der Waals surface area contributed by atoms with Crippen LogP contribution in [0.5, 0.6) is 0 Å². The Morgan fingerprint density at radius 2 is 1.09 bits per heavy atom. The van der Waals surface area contributed by atoms with Crippen molar-refractivity contribution in [2.45, 2.75) is 122 Å². The number of unbranched alkanes of at least 4 members (excludes halogenated alkanes) is 5. The van der Waals surface area contributed by atoms with Gasteiger partial charge in [-0.2, -0.15) is 0 Å². The molecule has 2 atom stereocenters. The molecule has 0 radical (unpaired) electrons. The Hall–Kier alpha value is -4.01. The molecule has 0 spiro atoms. The molecule has 0 N–H and O–H groups in total. The zero-order valence-electron chi connectivity index (χ0n) is 34.1. The van der Waals surface area contributed by atoms with Crippen molar-refractivity contribution in [3.05, 3.63) is 109 Å². The van der Waals surface area contributed by atoms with Crippen LogP contribution >= 0.6 is 0 Å². The summed E-state index contributed by atoms with van der Waals surface area (Å²) in [5.41, 5.74) is 0. The molecule has 2 unspecified atom stereocenters. The monoisotopic (exact) mass is 750 g/mol. The normalized spacial score (nSPS) is 14.2. The average molecular weight is 750 g/mol. The maximum absolute atomic E-state index is 12.6. The summed E-state index contributed by atoms with van der Waals surface area (Å²) >= 11 is 0. The number of hydrogen-bond acceptors (Lipinski definition) is 7. The number of hydrogen-bond donors (Lipinski definition) is 0. The predicted octanol–water partition coefficient (Wildman–Crippen LogP) is 9.18. The molecule has 0 saturated heterocycles. The van der Waals surface area contributed by atoms with E-state index in [-0.39, 0.29) is 49.5 Å². The number of carbonyl (C=O) groups excluding carboxylic acids is 3. The molecule has 0 bridgehead atoms. The van der Waals surface area contributed by atoms with Crippen molar-refractivity contribution >= 4 is 17.9 Å². The fourth-order valence-corrected chi connectivity index (χ4v) is 4.91. The van der Waals surface area contributed by atoms with E-state index in [2.05, 4.69) is 68.5 Å². The summed E-state index contributed by atoms with van der Waals surface area (Å²) in [6.07, 6.45) is 48.5. The minimum atomic E-state index is -1.15. The van der Waals surface area contributed by atoms with Gasteiger partial charge in [-0.25, -0.2) is 0 Å². The van der Waals surface area contributed by atoms with Gasteiger partial charge < -0.3 is 28.6 Å². The molecule has 0 saturated carbocycles. The Bertz CT molecular complexity index is 1240. The molecular formula is C46H71NO7. The summed E-state index contributed by atoms with van der Waals surface area (Å²) in [7, 11) is 5.34. The van der Waals surface area contributed by atoms with Crippen LogP contribution < -0.4 is 5.11 Å². The van der Waals surface area contributed by atoms with Crippen LogP contribution in [-0.4, -0.2) is 75.5 Å². The van der Waals surface area contributed by atoms with E-state index in [1.807, 2.05) is 54.7 Å². The Labute approximate surface area is 328 Å². The molecule has 8 heteroatoms. The molecule has 0 rings (SSSR count). The van der Waals surface area contributed by atoms with Gasteiger partial charge in [0, 0.05) is 19.3 Å². The van der Waals surface area contributed by atoms with Gasteiger partial charge in [0.1, 0.15) is 12.6 Å². The number of ether oxygens (including phenoxy) is 3. The first-order valence-corrected chi connectivity index (χ1v) is 20.0. The summed E-state index contributed by atoms with van der Waals surface area (Å²) in [4.78, 5) is 36.7. The molecule has 0 aromatic heterocycles. The quantitative estimate of drug-likeness (QED) is 0.0217. The molecule has 0 aliphatic rings. The number of aliphatic carboxylic acids is 1. The number of quaternary nitrogens is 1. The van der Waals surface area contributed by atoms with Gasteiger partial charge in [0.15, 0.2) is 6.10 Å². The molecule has 0 heterocycles. The van der Waals surface area contributed by atoms with Gasteiger partial charge in [0.25, 0.3) is 0 Å². The molecule has 8 nitrogen and oxygen atoms in total. The summed E-state index contributed by atoms with van der Waals surface area (Å²) in [6.45, 7) is 4.30. The predicted molar refractivity (Wildman–Crippen MR) is 221 cm³/mol. The van der Waals surface area contributed by atoms with E-state index in [0.717, 1.165) is 32.1 Å². The highest BCUT2D eigenvalue weighted by atomic mass is 16.6. The van der Waals surface area contributed by atoms with Crippen LogP contribution in [0, 0.1) is 0 Å². The maximum atomic E-state index is 12.6. The van der Waals surface area contributed by atoms with E-state index in [1.165, 1.54) is 25.7 Å². The van der Waals surface area contributed by atoms with Crippen molar-refractivity contribution in [1.29, 1.82) is 0 Å². The van der Waals surface area contributed by atoms with Gasteiger partial charge in [-0.3, -0.25) is 9.59 Å². The number of nitrogens with zero attached hydrogens (tertiary/aromatic N) is 1. The molecule has 0 aromatic carbocycles. The number of esters is 2. The van der Waals surface area contributed by atoms with Crippen molar-refractivity contribution in [1.82, 2.24) is 0 Å². The highest BCUT2D eigenvalue weighted by Gasteiger charge is 2.25. The topological polar surface area (TPSA) is 102 Å². The second-order valence-electron chi connectivity index (χ2n) is 13.9. The maximum Gasteiger partial charge on any atom is 0.306 e. The minimum Gasteiger partial charge on any atom is -0.544 e. The molecule has 0 aromatic rings. The lowest BCUT2D eigenvalue weighted by Gasteiger charge is -2.34. The molecule has 0 fully saturated rings. The summed E-state index contributed by atoms with van der Waals surface area (Å²) in [6, 6.07) is -0.753. The van der Waals surface area contributed by atoms with Crippen LogP contribution in [0.25, 0.3) is 0 Å². The lowest BCUT2D eigenvalue weighted by atomic mass is 10.1. The lowest BCUT2D eigenvalue weighted by Crippen LogP contribution is -2.55. The first-order chi connectivity index (χ1) is 26.1. The van der Waals surface area contributed by atoms with Gasteiger partial charge in [-0.15, -0.1) is 0 Å². The highest BCUT2D eigenvalue weighted by Crippen LogP contribution is 2.10. The number of rotatable bonds is 33. The fourth-order valence-electron chi connectivity index (χ4n) is 4.91. The lowest BCUT2D eigenvalue weighted by molar-refractivity contribution is -0.889. The molecule has 54 heavy (non-hydrogen) atoms. The second kappa shape index (κ2) is 36.0. The first kappa shape index (κ1) is 50.0. The number of carboxylic acids is 1. The van der Waals surface area contributed by atoms with E-state index < -0.39 is 24.1 Å². The van der Waals surface area contributed by atoms with Gasteiger partial charge in [-0.05, 0) is 64.2 Å². The molecule has 302 valence electrons. The Kier molecular flexibility index (Phi) is 33.3. The molecular weight excluding hydrogens is 679 g/mol. The third-order valence-electron chi connectivity index (χ3n) is 8.02. The van der Waals surface area contributed by atoms with E-state index in [9.17, 15) is 19.5 Å². The number of carbonyl (C=O) groups is 3. The van der Waals surface area contributed by atoms with Gasteiger partial charge >= 0.3 is 11.9 Å². The zero-order chi connectivity index (χ0) is 40.0. The number of allylic oxidation sites excluding steroid dienone is 18. The highest BCUT2D eigenvalue weighted by molar-refractivity contribution is 5.70. The Morgan fingerprint density at radius 1 is 0.593 bits per heavy atom. The van der Waals surface area contributed by atoms with Crippen LogP contribution in [0.3, 0.4) is 0 Å². The number of likely N-dealkylation sites (N-methyl/N-ethyl adjacent to an activating group) is 1. The van der Waals surface area contributed by atoms with Crippen molar-refractivity contribution in [2.24, 2.45) is 0 Å². The molecule has 0 aliphatic heterocycles. The largest absolute Gasteiger partial charge is 0.544 e. The smallest absolute Gasteiger partial charge is 0.306 e. The number of carboxylic acid groups (broad SMARTS) is 1. The summed E-state index contributed by atoms with van der Waals surface area (Å²) in [5.74, 6) is -1.93. The Balaban J connectivity index is 4.63. The van der Waals surface area contributed by atoms with E-state index in [4.69, 9.17) is 14.2 Å². The summed E-state index contributed by atoms with van der Waals surface area (Å²) < 4.78 is 17.0. The third-order valence-corrected chi connectivity index (χ3v) is 8.02. The standard InChI is InChI=1S/C46H71NO7/c1-6-8-10-12-14-16-18-20-21-22-23-25-26-28-30-32-34-36-44(48)53-41-42(40-52-39-38-43(46(50)51)47(3,4)5)54-45(49)37-35-33-31-29-27-24-19-17-15-13-11-9-7-2/h9,11,13-17,19-21,23-25,27-31,42-43H,6-8,10,12,18,22,26,32-41H2,1-5H3/b11-9+,15-13+,16-14+,19-17+,21-20+,25-23+,27-24+,30-28+,31-29+. The SMILES string of the molecule is CC/C=C/C=C/C=C/C=C/C=C/CCCC(=O)OC(COCCC(C(=O)[O-])[N+](C)(C)C)COC(=O)CCC/C=C/C/C=C/C/C=C/C/C=C/CCCCC. The molecule has 0 amide bonds. The van der Waals surface area contributed by atoms with Crippen molar-refractivity contribution in [3.8, 4) is 0 Å². The van der Waals surface area contributed by atoms with Crippen LogP contribution in [0.2, 0.25) is 0 Å². The molecule has 0 aliphatic carbocycles. The third kappa shape index (κ3) is 33.8. The van der Waals surface area contributed by atoms with Crippen LogP contribution in [0.4, 0.5) is 0 Å². The van der Waals surface area contributed by atoms with Crippen molar-refractivity contribution < 1.29 is 38.2 Å². The van der Waals surface area contributed by atoms with E-state index >= 15 is 0 Å². The second-order valence-corrected chi connectivity index (χ2v) is 13.9. The van der Waals surface area contributed by atoms with Crippen LogP contribution in [0.1, 0.15) is 110 Å². The van der Waals surface area contributed by atoms with Crippen molar-refractivity contribution in [2.75, 3.05) is 41.0 Å². The van der Waals surface area contributed by atoms with Gasteiger partial charge in [-0.1, -0.05) is 136 Å². The van der Waals surface area contributed by atoms with Crippen molar-refractivity contribution in [3.63, 3.8) is 0 Å². The van der Waals surface area contributed by atoms with Gasteiger partial charge in [0.05, 0.1) is 40.3 Å². The average Bonchev–Trinajstić information content (AvgIpc) is 3.12. The fraction of sp³-hybridized carbons (Fsp3) is 0.543.